The van der Waals surface area contributed by atoms with Gasteiger partial charge in [0, 0.05) is 32.2 Å². The van der Waals surface area contributed by atoms with Crippen LogP contribution in [0.2, 0.25) is 0 Å². The molecule has 0 aliphatic carbocycles. The Labute approximate surface area is 155 Å². The molecule has 136 valence electrons. The largest absolute Gasteiger partial charge is 0.346 e. The van der Waals surface area contributed by atoms with E-state index in [1.807, 2.05) is 30.0 Å². The van der Waals surface area contributed by atoms with Gasteiger partial charge in [-0.2, -0.15) is 0 Å². The SMILES string of the molecule is CC1CN(Cc2ccccc2)CCN1C(=O)CNC(=O)CN.Cl.Cl. The van der Waals surface area contributed by atoms with Gasteiger partial charge >= 0.3 is 0 Å². The van der Waals surface area contributed by atoms with Crippen molar-refractivity contribution in [2.24, 2.45) is 5.73 Å². The van der Waals surface area contributed by atoms with Crippen LogP contribution in [0.15, 0.2) is 30.3 Å². The molecule has 1 aromatic rings. The van der Waals surface area contributed by atoms with Gasteiger partial charge < -0.3 is 16.0 Å². The molecule has 2 rings (SSSR count). The molecule has 8 heteroatoms. The Hall–Kier alpha value is -1.34. The van der Waals surface area contributed by atoms with E-state index in [-0.39, 0.29) is 55.8 Å². The summed E-state index contributed by atoms with van der Waals surface area (Å²) in [7, 11) is 0. The average molecular weight is 377 g/mol. The lowest BCUT2D eigenvalue weighted by molar-refractivity contribution is -0.136. The summed E-state index contributed by atoms with van der Waals surface area (Å²) in [6, 6.07) is 10.5. The van der Waals surface area contributed by atoms with Gasteiger partial charge in [-0.05, 0) is 12.5 Å². The zero-order chi connectivity index (χ0) is 15.9. The molecule has 2 amide bonds. The monoisotopic (exact) mass is 376 g/mol. The van der Waals surface area contributed by atoms with Crippen LogP contribution < -0.4 is 11.1 Å². The van der Waals surface area contributed by atoms with Crippen LogP contribution in [0.25, 0.3) is 0 Å². The first kappa shape index (κ1) is 22.7. The molecule has 3 N–H and O–H groups in total. The molecule has 1 aliphatic heterocycles. The van der Waals surface area contributed by atoms with E-state index in [4.69, 9.17) is 5.73 Å². The Morgan fingerprint density at radius 1 is 1.21 bits per heavy atom. The number of benzene rings is 1. The number of nitrogens with one attached hydrogen (secondary N) is 1. The fourth-order valence-corrected chi connectivity index (χ4v) is 2.74. The first-order chi connectivity index (χ1) is 10.6. The van der Waals surface area contributed by atoms with Crippen molar-refractivity contribution in [3.63, 3.8) is 0 Å². The van der Waals surface area contributed by atoms with Crippen molar-refractivity contribution < 1.29 is 9.59 Å². The van der Waals surface area contributed by atoms with Crippen LogP contribution in [-0.2, 0) is 16.1 Å². The van der Waals surface area contributed by atoms with E-state index in [1.165, 1.54) is 5.56 Å². The van der Waals surface area contributed by atoms with Gasteiger partial charge in [0.05, 0.1) is 13.1 Å². The number of carbonyl (C=O) groups is 2. The number of carbonyl (C=O) groups excluding carboxylic acids is 2. The highest BCUT2D eigenvalue weighted by molar-refractivity contribution is 5.86. The summed E-state index contributed by atoms with van der Waals surface area (Å²) < 4.78 is 0. The summed E-state index contributed by atoms with van der Waals surface area (Å²) in [6.45, 7) is 5.25. The van der Waals surface area contributed by atoms with Crippen LogP contribution >= 0.6 is 24.8 Å². The van der Waals surface area contributed by atoms with Crippen molar-refractivity contribution >= 4 is 36.6 Å². The van der Waals surface area contributed by atoms with E-state index in [1.54, 1.807) is 0 Å². The van der Waals surface area contributed by atoms with Gasteiger partial charge in [0.25, 0.3) is 0 Å². The van der Waals surface area contributed by atoms with Gasteiger partial charge in [-0.15, -0.1) is 24.8 Å². The van der Waals surface area contributed by atoms with Crippen LogP contribution in [0.4, 0.5) is 0 Å². The second-order valence-electron chi connectivity index (χ2n) is 5.64. The molecule has 0 saturated carbocycles. The second kappa shape index (κ2) is 11.3. The van der Waals surface area contributed by atoms with Crippen LogP contribution in [0.1, 0.15) is 12.5 Å². The topological polar surface area (TPSA) is 78.7 Å². The predicted octanol–water partition coefficient (Wildman–Crippen LogP) is 0.638. The highest BCUT2D eigenvalue weighted by Gasteiger charge is 2.27. The van der Waals surface area contributed by atoms with Crippen LogP contribution in [0.5, 0.6) is 0 Å². The van der Waals surface area contributed by atoms with E-state index in [2.05, 4.69) is 22.3 Å². The number of piperazine rings is 1. The maximum atomic E-state index is 12.1. The molecule has 0 spiro atoms. The van der Waals surface area contributed by atoms with E-state index >= 15 is 0 Å². The fourth-order valence-electron chi connectivity index (χ4n) is 2.74. The highest BCUT2D eigenvalue weighted by atomic mass is 35.5. The van der Waals surface area contributed by atoms with E-state index < -0.39 is 0 Å². The third-order valence-electron chi connectivity index (χ3n) is 3.90. The number of amides is 2. The first-order valence-electron chi connectivity index (χ1n) is 7.62. The van der Waals surface area contributed by atoms with Gasteiger partial charge in [-0.25, -0.2) is 0 Å². The summed E-state index contributed by atoms with van der Waals surface area (Å²) in [4.78, 5) is 27.4. The molecule has 1 unspecified atom stereocenters. The number of nitrogens with two attached hydrogens (primary N) is 1. The summed E-state index contributed by atoms with van der Waals surface area (Å²) >= 11 is 0. The summed E-state index contributed by atoms with van der Waals surface area (Å²) in [5.74, 6) is -0.350. The van der Waals surface area contributed by atoms with Gasteiger partial charge in [-0.1, -0.05) is 30.3 Å². The molecule has 1 saturated heterocycles. The second-order valence-corrected chi connectivity index (χ2v) is 5.64. The normalized spacial score (nSPS) is 17.4. The molecule has 0 radical (unpaired) electrons. The van der Waals surface area contributed by atoms with Crippen LogP contribution in [0, 0.1) is 0 Å². The van der Waals surface area contributed by atoms with Crippen molar-refractivity contribution in [1.29, 1.82) is 0 Å². The Kier molecular flexibility index (Phi) is 10.6. The molecule has 0 bridgehead atoms. The molecule has 24 heavy (non-hydrogen) atoms. The molecular formula is C16H26Cl2N4O2. The highest BCUT2D eigenvalue weighted by Crippen LogP contribution is 2.13. The van der Waals surface area contributed by atoms with Crippen LogP contribution in [0.3, 0.4) is 0 Å². The Morgan fingerprint density at radius 3 is 2.46 bits per heavy atom. The Morgan fingerprint density at radius 2 is 1.88 bits per heavy atom. The zero-order valence-corrected chi connectivity index (χ0v) is 15.4. The molecule has 6 nitrogen and oxygen atoms in total. The molecular weight excluding hydrogens is 351 g/mol. The molecule has 1 atom stereocenters. The lowest BCUT2D eigenvalue weighted by Crippen LogP contribution is -2.55. The first-order valence-corrected chi connectivity index (χ1v) is 7.62. The number of rotatable bonds is 5. The van der Waals surface area contributed by atoms with Crippen LogP contribution in [-0.4, -0.2) is 60.4 Å². The number of nitrogens with zero attached hydrogens (tertiary/aromatic N) is 2. The van der Waals surface area contributed by atoms with Crippen molar-refractivity contribution in [3.8, 4) is 0 Å². The third-order valence-corrected chi connectivity index (χ3v) is 3.90. The molecule has 1 fully saturated rings. The van der Waals surface area contributed by atoms with Gasteiger partial charge in [0.15, 0.2) is 0 Å². The van der Waals surface area contributed by atoms with Gasteiger partial charge in [-0.3, -0.25) is 14.5 Å². The Balaban J connectivity index is 0.00000264. The minimum absolute atomic E-state index is 0. The van der Waals surface area contributed by atoms with E-state index in [9.17, 15) is 9.59 Å². The van der Waals surface area contributed by atoms with Crippen molar-refractivity contribution in [3.05, 3.63) is 35.9 Å². The molecule has 1 heterocycles. The van der Waals surface area contributed by atoms with Crippen molar-refractivity contribution in [2.75, 3.05) is 32.7 Å². The fraction of sp³-hybridized carbons (Fsp3) is 0.500. The summed E-state index contributed by atoms with van der Waals surface area (Å²) in [5.41, 5.74) is 6.49. The smallest absolute Gasteiger partial charge is 0.242 e. The maximum Gasteiger partial charge on any atom is 0.242 e. The van der Waals surface area contributed by atoms with Crippen molar-refractivity contribution in [1.82, 2.24) is 15.1 Å². The lowest BCUT2D eigenvalue weighted by Gasteiger charge is -2.40. The predicted molar refractivity (Wildman–Crippen MR) is 99.5 cm³/mol. The third kappa shape index (κ3) is 6.65. The van der Waals surface area contributed by atoms with Gasteiger partial charge in [0.1, 0.15) is 0 Å². The minimum Gasteiger partial charge on any atom is -0.346 e. The van der Waals surface area contributed by atoms with Crippen molar-refractivity contribution in [2.45, 2.75) is 19.5 Å². The van der Waals surface area contributed by atoms with E-state index in [0.717, 1.165) is 19.6 Å². The minimum atomic E-state index is -0.302. The molecule has 0 aromatic heterocycles. The average Bonchev–Trinajstić information content (AvgIpc) is 2.53. The summed E-state index contributed by atoms with van der Waals surface area (Å²) in [6.07, 6.45) is 0. The number of hydrogen-bond donors (Lipinski definition) is 2. The zero-order valence-electron chi connectivity index (χ0n) is 13.8. The maximum absolute atomic E-state index is 12.1. The Bertz CT molecular complexity index is 516. The molecule has 1 aliphatic rings. The lowest BCUT2D eigenvalue weighted by atomic mass is 10.1. The molecule has 1 aromatic carbocycles. The quantitative estimate of drug-likeness (QED) is 0.790. The van der Waals surface area contributed by atoms with E-state index in [0.29, 0.717) is 6.54 Å². The number of hydrogen-bond acceptors (Lipinski definition) is 4. The summed E-state index contributed by atoms with van der Waals surface area (Å²) in [5, 5.41) is 2.53. The van der Waals surface area contributed by atoms with Gasteiger partial charge in [0.2, 0.25) is 11.8 Å². The number of halogens is 2. The standard InChI is InChI=1S/C16H24N4O2.2ClH/c1-13-11-19(12-14-5-3-2-4-6-14)7-8-20(13)16(22)10-18-15(21)9-17;;/h2-6,13H,7-12,17H2,1H3,(H,18,21);2*1H.